The van der Waals surface area contributed by atoms with Gasteiger partial charge in [-0.3, -0.25) is 4.79 Å². The van der Waals surface area contributed by atoms with Crippen molar-refractivity contribution in [1.82, 2.24) is 5.32 Å². The molecule has 3 nitrogen and oxygen atoms in total. The molecule has 92 valence electrons. The van der Waals surface area contributed by atoms with Gasteiger partial charge in [-0.2, -0.15) is 0 Å². The average Bonchev–Trinajstić information content (AvgIpc) is 2.27. The summed E-state index contributed by atoms with van der Waals surface area (Å²) in [5, 5.41) is 3.49. The van der Waals surface area contributed by atoms with Crippen molar-refractivity contribution in [1.29, 1.82) is 0 Å². The van der Waals surface area contributed by atoms with Crippen LogP contribution in [-0.4, -0.2) is 24.2 Å². The number of fused-ring (bicyclic) bond motifs is 1. The predicted molar refractivity (Wildman–Crippen MR) is 63.1 cm³/mol. The van der Waals surface area contributed by atoms with E-state index in [2.05, 4.69) is 5.32 Å². The van der Waals surface area contributed by atoms with Gasteiger partial charge in [0.25, 0.3) is 0 Å². The van der Waals surface area contributed by atoms with E-state index in [1.165, 1.54) is 32.1 Å². The number of rotatable bonds is 2. The lowest BCUT2D eigenvalue weighted by Crippen LogP contribution is -2.52. The minimum atomic E-state index is -0.0565. The zero-order valence-corrected chi connectivity index (χ0v) is 10.4. The SMILES string of the molecule is CC(C)OC(=O)C1CCC2CCCCC2N1. The molecule has 2 aliphatic rings. The first-order chi connectivity index (χ1) is 7.66. The Morgan fingerprint density at radius 2 is 1.94 bits per heavy atom. The second-order valence-corrected chi connectivity index (χ2v) is 5.43. The van der Waals surface area contributed by atoms with Crippen molar-refractivity contribution in [3.8, 4) is 0 Å². The number of hydrogen-bond acceptors (Lipinski definition) is 3. The predicted octanol–water partition coefficient (Wildman–Crippen LogP) is 2.25. The van der Waals surface area contributed by atoms with E-state index < -0.39 is 0 Å². The fraction of sp³-hybridized carbons (Fsp3) is 0.923. The molecular formula is C13H23NO2. The zero-order chi connectivity index (χ0) is 11.5. The molecule has 0 radical (unpaired) electrons. The van der Waals surface area contributed by atoms with Gasteiger partial charge in [0.2, 0.25) is 0 Å². The van der Waals surface area contributed by atoms with Crippen LogP contribution in [0.4, 0.5) is 0 Å². The second-order valence-electron chi connectivity index (χ2n) is 5.43. The summed E-state index contributed by atoms with van der Waals surface area (Å²) in [4.78, 5) is 11.8. The number of nitrogens with one attached hydrogen (secondary N) is 1. The summed E-state index contributed by atoms with van der Waals surface area (Å²) in [5.41, 5.74) is 0. The van der Waals surface area contributed by atoms with Crippen LogP contribution in [0.15, 0.2) is 0 Å². The maximum atomic E-state index is 11.8. The number of ether oxygens (including phenoxy) is 1. The van der Waals surface area contributed by atoms with E-state index in [0.29, 0.717) is 6.04 Å². The van der Waals surface area contributed by atoms with Crippen molar-refractivity contribution in [3.63, 3.8) is 0 Å². The smallest absolute Gasteiger partial charge is 0.323 e. The molecule has 0 bridgehead atoms. The van der Waals surface area contributed by atoms with Crippen molar-refractivity contribution in [2.24, 2.45) is 5.92 Å². The molecule has 0 aromatic heterocycles. The van der Waals surface area contributed by atoms with E-state index in [-0.39, 0.29) is 18.1 Å². The third-order valence-corrected chi connectivity index (χ3v) is 3.79. The van der Waals surface area contributed by atoms with Crippen molar-refractivity contribution < 1.29 is 9.53 Å². The van der Waals surface area contributed by atoms with E-state index in [1.54, 1.807) is 0 Å². The van der Waals surface area contributed by atoms with Gasteiger partial charge in [-0.1, -0.05) is 12.8 Å². The highest BCUT2D eigenvalue weighted by molar-refractivity contribution is 5.76. The second kappa shape index (κ2) is 5.17. The van der Waals surface area contributed by atoms with Crippen molar-refractivity contribution in [3.05, 3.63) is 0 Å². The molecule has 3 unspecified atom stereocenters. The molecule has 0 aromatic rings. The molecule has 3 atom stereocenters. The summed E-state index contributed by atoms with van der Waals surface area (Å²) in [6, 6.07) is 0.508. The quantitative estimate of drug-likeness (QED) is 0.732. The average molecular weight is 225 g/mol. The van der Waals surface area contributed by atoms with Crippen LogP contribution in [0.25, 0.3) is 0 Å². The van der Waals surface area contributed by atoms with Gasteiger partial charge in [0.1, 0.15) is 6.04 Å². The number of carbonyl (C=O) groups excluding carboxylic acids is 1. The van der Waals surface area contributed by atoms with Crippen LogP contribution in [0.5, 0.6) is 0 Å². The summed E-state index contributed by atoms with van der Waals surface area (Å²) in [6.45, 7) is 3.81. The van der Waals surface area contributed by atoms with Crippen molar-refractivity contribution in [2.45, 2.75) is 70.6 Å². The maximum absolute atomic E-state index is 11.8. The molecule has 1 saturated heterocycles. The molecular weight excluding hydrogens is 202 g/mol. The third kappa shape index (κ3) is 2.76. The van der Waals surface area contributed by atoms with Gasteiger partial charge in [0.15, 0.2) is 0 Å². The Hall–Kier alpha value is -0.570. The van der Waals surface area contributed by atoms with Gasteiger partial charge in [-0.15, -0.1) is 0 Å². The van der Waals surface area contributed by atoms with Crippen LogP contribution in [0.1, 0.15) is 52.4 Å². The van der Waals surface area contributed by atoms with Crippen LogP contribution in [-0.2, 0) is 9.53 Å². The molecule has 3 heteroatoms. The van der Waals surface area contributed by atoms with Crippen LogP contribution in [0.3, 0.4) is 0 Å². The van der Waals surface area contributed by atoms with Crippen LogP contribution >= 0.6 is 0 Å². The summed E-state index contributed by atoms with van der Waals surface area (Å²) in [5.74, 6) is 0.746. The van der Waals surface area contributed by atoms with Crippen molar-refractivity contribution >= 4 is 5.97 Å². The minimum Gasteiger partial charge on any atom is -0.462 e. The summed E-state index contributed by atoms with van der Waals surface area (Å²) in [7, 11) is 0. The maximum Gasteiger partial charge on any atom is 0.323 e. The zero-order valence-electron chi connectivity index (χ0n) is 10.4. The first kappa shape index (κ1) is 11.9. The molecule has 1 aliphatic heterocycles. The highest BCUT2D eigenvalue weighted by Crippen LogP contribution is 2.32. The molecule has 0 amide bonds. The molecule has 2 fully saturated rings. The highest BCUT2D eigenvalue weighted by atomic mass is 16.5. The molecule has 2 rings (SSSR count). The lowest BCUT2D eigenvalue weighted by molar-refractivity contribution is -0.151. The van der Waals surface area contributed by atoms with Gasteiger partial charge < -0.3 is 10.1 Å². The molecule has 1 N–H and O–H groups in total. The largest absolute Gasteiger partial charge is 0.462 e. The number of piperidine rings is 1. The molecule has 1 saturated carbocycles. The Balaban J connectivity index is 1.87. The Labute approximate surface area is 97.9 Å². The summed E-state index contributed by atoms with van der Waals surface area (Å²) >= 11 is 0. The first-order valence-corrected chi connectivity index (χ1v) is 6.63. The normalized spacial score (nSPS) is 34.6. The van der Waals surface area contributed by atoms with E-state index in [1.807, 2.05) is 13.8 Å². The number of carbonyl (C=O) groups is 1. The van der Waals surface area contributed by atoms with Gasteiger partial charge in [0, 0.05) is 6.04 Å². The Morgan fingerprint density at radius 1 is 1.19 bits per heavy atom. The van der Waals surface area contributed by atoms with E-state index in [4.69, 9.17) is 4.74 Å². The van der Waals surface area contributed by atoms with Gasteiger partial charge in [-0.25, -0.2) is 0 Å². The van der Waals surface area contributed by atoms with E-state index in [9.17, 15) is 4.79 Å². The first-order valence-electron chi connectivity index (χ1n) is 6.63. The minimum absolute atomic E-state index is 0.00150. The van der Waals surface area contributed by atoms with Crippen LogP contribution in [0.2, 0.25) is 0 Å². The summed E-state index contributed by atoms with van der Waals surface area (Å²) in [6.07, 6.45) is 7.38. The fourth-order valence-electron chi connectivity index (χ4n) is 3.00. The number of esters is 1. The molecule has 1 aliphatic carbocycles. The fourth-order valence-corrected chi connectivity index (χ4v) is 3.00. The lowest BCUT2D eigenvalue weighted by Gasteiger charge is -2.39. The van der Waals surface area contributed by atoms with E-state index in [0.717, 1.165) is 12.3 Å². The van der Waals surface area contributed by atoms with E-state index >= 15 is 0 Å². The topological polar surface area (TPSA) is 38.3 Å². The highest BCUT2D eigenvalue weighted by Gasteiger charge is 2.35. The monoisotopic (exact) mass is 225 g/mol. The molecule has 0 aromatic carbocycles. The van der Waals surface area contributed by atoms with Crippen LogP contribution in [0, 0.1) is 5.92 Å². The Morgan fingerprint density at radius 3 is 2.69 bits per heavy atom. The standard InChI is InChI=1S/C13H23NO2/c1-9(2)16-13(15)12-8-7-10-5-3-4-6-11(10)14-12/h9-12,14H,3-8H2,1-2H3. The number of hydrogen-bond donors (Lipinski definition) is 1. The molecule has 16 heavy (non-hydrogen) atoms. The molecule has 0 spiro atoms. The van der Waals surface area contributed by atoms with Crippen LogP contribution < -0.4 is 5.32 Å². The van der Waals surface area contributed by atoms with Gasteiger partial charge >= 0.3 is 5.97 Å². The molecule has 1 heterocycles. The summed E-state index contributed by atoms with van der Waals surface area (Å²) < 4.78 is 5.27. The Kier molecular flexibility index (Phi) is 3.85. The van der Waals surface area contributed by atoms with Crippen molar-refractivity contribution in [2.75, 3.05) is 0 Å². The lowest BCUT2D eigenvalue weighted by atomic mass is 9.78. The van der Waals surface area contributed by atoms with Gasteiger partial charge in [-0.05, 0) is 45.4 Å². The Bertz CT molecular complexity index is 252. The third-order valence-electron chi connectivity index (χ3n) is 3.79. The van der Waals surface area contributed by atoms with Gasteiger partial charge in [0.05, 0.1) is 6.10 Å².